The van der Waals surface area contributed by atoms with Gasteiger partial charge in [-0.15, -0.1) is 0 Å². The molecular weight excluding hydrogens is 342 g/mol. The van der Waals surface area contributed by atoms with Gasteiger partial charge in [-0.2, -0.15) is 0 Å². The highest BCUT2D eigenvalue weighted by molar-refractivity contribution is 7.80. The number of benzene rings is 2. The number of hydrogen-bond donors (Lipinski definition) is 2. The molecule has 0 unspecified atom stereocenters. The first kappa shape index (κ1) is 18.4. The van der Waals surface area contributed by atoms with Crippen LogP contribution in [0.4, 0.5) is 11.4 Å². The van der Waals surface area contributed by atoms with Gasteiger partial charge in [0.05, 0.1) is 6.04 Å². The van der Waals surface area contributed by atoms with E-state index in [-0.39, 0.29) is 11.9 Å². The van der Waals surface area contributed by atoms with Crippen LogP contribution < -0.4 is 15.5 Å². The Labute approximate surface area is 160 Å². The Kier molecular flexibility index (Phi) is 5.89. The van der Waals surface area contributed by atoms with Crippen LogP contribution in [0.1, 0.15) is 43.4 Å². The summed E-state index contributed by atoms with van der Waals surface area (Å²) in [4.78, 5) is 13.7. The van der Waals surface area contributed by atoms with E-state index in [1.165, 1.54) is 11.1 Å². The Hall–Kier alpha value is -2.40. The quantitative estimate of drug-likeness (QED) is 0.761. The van der Waals surface area contributed by atoms with Crippen LogP contribution in [0.15, 0.2) is 48.5 Å². The number of nitrogens with zero attached hydrogens (tertiary/aromatic N) is 1. The van der Waals surface area contributed by atoms with Crippen molar-refractivity contribution in [3.05, 3.63) is 59.7 Å². The van der Waals surface area contributed by atoms with Gasteiger partial charge in [0.15, 0.2) is 5.11 Å². The molecule has 4 nitrogen and oxygen atoms in total. The third kappa shape index (κ3) is 4.22. The van der Waals surface area contributed by atoms with Gasteiger partial charge in [-0.25, -0.2) is 0 Å². The number of amides is 1. The van der Waals surface area contributed by atoms with Gasteiger partial charge >= 0.3 is 0 Å². The summed E-state index contributed by atoms with van der Waals surface area (Å²) < 4.78 is 0. The van der Waals surface area contributed by atoms with Gasteiger partial charge in [-0.05, 0) is 67.4 Å². The number of aryl methyl sites for hydroxylation is 1. The average Bonchev–Trinajstić information content (AvgIpc) is 3.07. The number of carbonyl (C=O) groups is 1. The lowest BCUT2D eigenvalue weighted by Crippen LogP contribution is -2.32. The number of anilines is 2. The number of nitrogens with one attached hydrogen (secondary N) is 2. The Balaban J connectivity index is 1.62. The van der Waals surface area contributed by atoms with Crippen LogP contribution >= 0.6 is 12.2 Å². The predicted octanol–water partition coefficient (Wildman–Crippen LogP) is 4.56. The molecule has 1 aliphatic heterocycles. The molecule has 136 valence electrons. The molecule has 2 aromatic carbocycles. The molecule has 1 heterocycles. The molecule has 0 spiro atoms. The number of carbonyl (C=O) groups excluding carboxylic acids is 1. The van der Waals surface area contributed by atoms with Crippen LogP contribution in [0, 0.1) is 6.92 Å². The van der Waals surface area contributed by atoms with Crippen molar-refractivity contribution in [3.8, 4) is 0 Å². The smallest absolute Gasteiger partial charge is 0.227 e. The zero-order valence-electron chi connectivity index (χ0n) is 15.3. The van der Waals surface area contributed by atoms with E-state index in [4.69, 9.17) is 12.2 Å². The maximum absolute atomic E-state index is 11.8. The monoisotopic (exact) mass is 367 g/mol. The normalized spacial score (nSPS) is 15.0. The summed E-state index contributed by atoms with van der Waals surface area (Å²) in [6, 6.07) is 16.4. The minimum Gasteiger partial charge on any atom is -0.356 e. The lowest BCUT2D eigenvalue weighted by molar-refractivity contribution is -0.117. The second-order valence-corrected chi connectivity index (χ2v) is 7.02. The first-order valence-electron chi connectivity index (χ1n) is 9.12. The molecule has 0 radical (unpaired) electrons. The summed E-state index contributed by atoms with van der Waals surface area (Å²) in [7, 11) is 0. The first-order valence-corrected chi connectivity index (χ1v) is 9.52. The van der Waals surface area contributed by atoms with E-state index in [2.05, 4.69) is 48.7 Å². The summed E-state index contributed by atoms with van der Waals surface area (Å²) in [5.41, 5.74) is 4.39. The molecular formula is C21H25N3OS. The third-order valence-corrected chi connectivity index (χ3v) is 5.01. The zero-order chi connectivity index (χ0) is 18.5. The van der Waals surface area contributed by atoms with E-state index in [1.807, 2.05) is 29.2 Å². The van der Waals surface area contributed by atoms with Crippen LogP contribution in [0.2, 0.25) is 0 Å². The van der Waals surface area contributed by atoms with E-state index in [0.717, 1.165) is 30.8 Å². The van der Waals surface area contributed by atoms with Crippen LogP contribution in [-0.2, 0) is 4.79 Å². The summed E-state index contributed by atoms with van der Waals surface area (Å²) in [5.74, 6) is 0.201. The maximum Gasteiger partial charge on any atom is 0.227 e. The van der Waals surface area contributed by atoms with Crippen molar-refractivity contribution >= 4 is 34.6 Å². The van der Waals surface area contributed by atoms with E-state index >= 15 is 0 Å². The van der Waals surface area contributed by atoms with Crippen molar-refractivity contribution in [2.45, 2.75) is 39.2 Å². The fraction of sp³-hybridized carbons (Fsp3) is 0.333. The molecule has 5 heteroatoms. The standard InChI is InChI=1S/C21H25N3OS/c1-3-19(18-8-5-4-7-15(18)2)23-21(26)22-16-10-12-17(13-11-16)24-14-6-9-20(24)25/h4-5,7-8,10-13,19H,3,6,9,14H2,1-2H3,(H2,22,23,26)/t19-/m1/s1. The Morgan fingerprint density at radius 3 is 2.54 bits per heavy atom. The molecule has 1 fully saturated rings. The fourth-order valence-electron chi connectivity index (χ4n) is 3.35. The Morgan fingerprint density at radius 1 is 1.19 bits per heavy atom. The zero-order valence-corrected chi connectivity index (χ0v) is 16.1. The highest BCUT2D eigenvalue weighted by Crippen LogP contribution is 2.24. The number of thiocarbonyl (C=S) groups is 1. The summed E-state index contributed by atoms with van der Waals surface area (Å²) in [5, 5.41) is 7.25. The third-order valence-electron chi connectivity index (χ3n) is 4.79. The van der Waals surface area contributed by atoms with Crippen LogP contribution in [-0.4, -0.2) is 17.6 Å². The van der Waals surface area contributed by atoms with Crippen molar-refractivity contribution < 1.29 is 4.79 Å². The van der Waals surface area contributed by atoms with Gasteiger partial charge in [-0.3, -0.25) is 4.79 Å². The number of rotatable bonds is 5. The molecule has 2 aromatic rings. The molecule has 0 bridgehead atoms. The Bertz CT molecular complexity index is 788. The molecule has 1 atom stereocenters. The summed E-state index contributed by atoms with van der Waals surface area (Å²) in [6.45, 7) is 5.07. The molecule has 2 N–H and O–H groups in total. The highest BCUT2D eigenvalue weighted by Gasteiger charge is 2.21. The van der Waals surface area contributed by atoms with Crippen molar-refractivity contribution in [2.24, 2.45) is 0 Å². The second-order valence-electron chi connectivity index (χ2n) is 6.61. The molecule has 1 saturated heterocycles. The SMILES string of the molecule is CC[C@@H](NC(=S)Nc1ccc(N2CCCC2=O)cc1)c1ccccc1C. The average molecular weight is 368 g/mol. The van der Waals surface area contributed by atoms with Gasteiger partial charge in [0, 0.05) is 24.3 Å². The van der Waals surface area contributed by atoms with E-state index in [0.29, 0.717) is 11.5 Å². The van der Waals surface area contributed by atoms with Crippen molar-refractivity contribution in [1.82, 2.24) is 5.32 Å². The van der Waals surface area contributed by atoms with Gasteiger partial charge in [0.1, 0.15) is 0 Å². The fourth-order valence-corrected chi connectivity index (χ4v) is 3.61. The molecule has 3 rings (SSSR count). The topological polar surface area (TPSA) is 44.4 Å². The van der Waals surface area contributed by atoms with E-state index in [1.54, 1.807) is 0 Å². The molecule has 0 aliphatic carbocycles. The summed E-state index contributed by atoms with van der Waals surface area (Å²) in [6.07, 6.45) is 2.53. The van der Waals surface area contributed by atoms with Crippen LogP contribution in [0.3, 0.4) is 0 Å². The van der Waals surface area contributed by atoms with Crippen molar-refractivity contribution in [3.63, 3.8) is 0 Å². The minimum absolute atomic E-state index is 0.178. The second kappa shape index (κ2) is 8.32. The van der Waals surface area contributed by atoms with Crippen LogP contribution in [0.5, 0.6) is 0 Å². The molecule has 0 aromatic heterocycles. The minimum atomic E-state index is 0.178. The summed E-state index contributed by atoms with van der Waals surface area (Å²) >= 11 is 5.49. The predicted molar refractivity (Wildman–Crippen MR) is 112 cm³/mol. The molecule has 26 heavy (non-hydrogen) atoms. The highest BCUT2D eigenvalue weighted by atomic mass is 32.1. The largest absolute Gasteiger partial charge is 0.356 e. The van der Waals surface area contributed by atoms with Gasteiger partial charge in [-0.1, -0.05) is 31.2 Å². The van der Waals surface area contributed by atoms with Gasteiger partial charge in [0.2, 0.25) is 5.91 Å². The molecule has 0 saturated carbocycles. The van der Waals surface area contributed by atoms with E-state index < -0.39 is 0 Å². The van der Waals surface area contributed by atoms with Gasteiger partial charge < -0.3 is 15.5 Å². The van der Waals surface area contributed by atoms with Crippen molar-refractivity contribution in [2.75, 3.05) is 16.8 Å². The number of hydrogen-bond acceptors (Lipinski definition) is 2. The van der Waals surface area contributed by atoms with Gasteiger partial charge in [0.25, 0.3) is 0 Å². The first-order chi connectivity index (χ1) is 12.6. The molecule has 1 amide bonds. The lowest BCUT2D eigenvalue weighted by atomic mass is 10.00. The lowest BCUT2D eigenvalue weighted by Gasteiger charge is -2.22. The van der Waals surface area contributed by atoms with Crippen molar-refractivity contribution in [1.29, 1.82) is 0 Å². The van der Waals surface area contributed by atoms with Crippen LogP contribution in [0.25, 0.3) is 0 Å². The van der Waals surface area contributed by atoms with E-state index in [9.17, 15) is 4.79 Å². The maximum atomic E-state index is 11.8. The Morgan fingerprint density at radius 2 is 1.92 bits per heavy atom. The molecule has 1 aliphatic rings.